The van der Waals surface area contributed by atoms with E-state index < -0.39 is 0 Å². The lowest BCUT2D eigenvalue weighted by Crippen LogP contribution is -2.45. The summed E-state index contributed by atoms with van der Waals surface area (Å²) < 4.78 is 13.3. The summed E-state index contributed by atoms with van der Waals surface area (Å²) in [6.07, 6.45) is 1.31. The Kier molecular flexibility index (Phi) is 4.49. The molecule has 1 aliphatic rings. The first-order valence-electron chi connectivity index (χ1n) is 6.49. The predicted octanol–water partition coefficient (Wildman–Crippen LogP) is 1.08. The van der Waals surface area contributed by atoms with E-state index in [2.05, 4.69) is 27.1 Å². The molecule has 100 valence electrons. The van der Waals surface area contributed by atoms with Gasteiger partial charge in [-0.2, -0.15) is 0 Å². The van der Waals surface area contributed by atoms with Crippen LogP contribution >= 0.6 is 0 Å². The molecular weight excluding hydrogens is 231 g/mol. The minimum atomic E-state index is -0.263. The van der Waals surface area contributed by atoms with E-state index in [-0.39, 0.29) is 5.82 Å². The van der Waals surface area contributed by atoms with Gasteiger partial charge in [0.25, 0.3) is 0 Å². The quantitative estimate of drug-likeness (QED) is 0.869. The predicted molar refractivity (Wildman–Crippen MR) is 71.3 cm³/mol. The van der Waals surface area contributed by atoms with Crippen molar-refractivity contribution < 1.29 is 4.39 Å². The van der Waals surface area contributed by atoms with Gasteiger partial charge in [0, 0.05) is 38.3 Å². The lowest BCUT2D eigenvalue weighted by atomic mass is 10.2. The van der Waals surface area contributed by atoms with Gasteiger partial charge in [-0.25, -0.2) is 9.37 Å². The first-order valence-corrected chi connectivity index (χ1v) is 6.49. The van der Waals surface area contributed by atoms with E-state index in [9.17, 15) is 4.39 Å². The van der Waals surface area contributed by atoms with Gasteiger partial charge in [-0.15, -0.1) is 0 Å². The Morgan fingerprint density at radius 1 is 1.33 bits per heavy atom. The van der Waals surface area contributed by atoms with Crippen molar-refractivity contribution in [3.63, 3.8) is 0 Å². The largest absolute Gasteiger partial charge is 0.354 e. The number of halogens is 1. The highest BCUT2D eigenvalue weighted by Crippen LogP contribution is 2.19. The number of rotatable bonds is 4. The summed E-state index contributed by atoms with van der Waals surface area (Å²) in [6.45, 7) is 7.55. The van der Waals surface area contributed by atoms with Gasteiger partial charge in [-0.3, -0.25) is 0 Å². The maximum absolute atomic E-state index is 13.3. The SMILES string of the molecule is CCNCc1cc(F)cnc1N1CCN(C)CC1. The van der Waals surface area contributed by atoms with E-state index in [0.29, 0.717) is 6.54 Å². The molecule has 0 unspecified atom stereocenters. The molecule has 0 atom stereocenters. The number of aromatic nitrogens is 1. The molecule has 0 spiro atoms. The normalized spacial score (nSPS) is 17.2. The van der Waals surface area contributed by atoms with Gasteiger partial charge in [0.2, 0.25) is 0 Å². The number of nitrogens with one attached hydrogen (secondary N) is 1. The number of piperazine rings is 1. The van der Waals surface area contributed by atoms with Crippen LogP contribution in [0.3, 0.4) is 0 Å². The number of hydrogen-bond donors (Lipinski definition) is 1. The molecule has 5 heteroatoms. The molecule has 0 bridgehead atoms. The lowest BCUT2D eigenvalue weighted by Gasteiger charge is -2.34. The molecule has 2 heterocycles. The number of nitrogens with zero attached hydrogens (tertiary/aromatic N) is 3. The van der Waals surface area contributed by atoms with Gasteiger partial charge in [0.1, 0.15) is 11.6 Å². The van der Waals surface area contributed by atoms with Crippen molar-refractivity contribution in [3.8, 4) is 0 Å². The van der Waals surface area contributed by atoms with Crippen LogP contribution in [0.15, 0.2) is 12.3 Å². The van der Waals surface area contributed by atoms with Crippen LogP contribution < -0.4 is 10.2 Å². The van der Waals surface area contributed by atoms with Crippen LogP contribution in [0, 0.1) is 5.82 Å². The zero-order chi connectivity index (χ0) is 13.0. The summed E-state index contributed by atoms with van der Waals surface area (Å²) in [6, 6.07) is 1.59. The van der Waals surface area contributed by atoms with E-state index in [1.807, 2.05) is 6.92 Å². The topological polar surface area (TPSA) is 31.4 Å². The molecule has 2 rings (SSSR count). The fraction of sp³-hybridized carbons (Fsp3) is 0.615. The second-order valence-corrected chi connectivity index (χ2v) is 4.71. The summed E-state index contributed by atoms with van der Waals surface area (Å²) in [5.74, 6) is 0.659. The van der Waals surface area contributed by atoms with E-state index in [1.54, 1.807) is 6.07 Å². The summed E-state index contributed by atoms with van der Waals surface area (Å²) >= 11 is 0. The van der Waals surface area contributed by atoms with Crippen molar-refractivity contribution in [1.29, 1.82) is 0 Å². The molecule has 1 N–H and O–H groups in total. The smallest absolute Gasteiger partial charge is 0.141 e. The second kappa shape index (κ2) is 6.11. The van der Waals surface area contributed by atoms with Gasteiger partial charge in [0.15, 0.2) is 0 Å². The fourth-order valence-electron chi connectivity index (χ4n) is 2.17. The maximum atomic E-state index is 13.3. The number of pyridine rings is 1. The number of hydrogen-bond acceptors (Lipinski definition) is 4. The molecular formula is C13H21FN4. The van der Waals surface area contributed by atoms with E-state index in [1.165, 1.54) is 6.20 Å². The van der Waals surface area contributed by atoms with E-state index in [4.69, 9.17) is 0 Å². The van der Waals surface area contributed by atoms with Crippen molar-refractivity contribution in [3.05, 3.63) is 23.6 Å². The van der Waals surface area contributed by atoms with Gasteiger partial charge in [-0.1, -0.05) is 6.92 Å². The zero-order valence-corrected chi connectivity index (χ0v) is 11.1. The minimum absolute atomic E-state index is 0.263. The molecule has 0 amide bonds. The molecule has 1 aromatic heterocycles. The van der Waals surface area contributed by atoms with Crippen LogP contribution in [0.4, 0.5) is 10.2 Å². The Labute approximate surface area is 108 Å². The highest BCUT2D eigenvalue weighted by atomic mass is 19.1. The monoisotopic (exact) mass is 252 g/mol. The van der Waals surface area contributed by atoms with Crippen LogP contribution in [-0.2, 0) is 6.54 Å². The molecule has 1 saturated heterocycles. The zero-order valence-electron chi connectivity index (χ0n) is 11.1. The number of likely N-dealkylation sites (N-methyl/N-ethyl adjacent to an activating group) is 1. The van der Waals surface area contributed by atoms with E-state index in [0.717, 1.165) is 44.1 Å². The average molecular weight is 252 g/mol. The number of anilines is 1. The Morgan fingerprint density at radius 2 is 2.06 bits per heavy atom. The first-order chi connectivity index (χ1) is 8.70. The summed E-state index contributed by atoms with van der Waals surface area (Å²) in [5, 5.41) is 3.24. The summed E-state index contributed by atoms with van der Waals surface area (Å²) in [5.41, 5.74) is 0.946. The van der Waals surface area contributed by atoms with Crippen molar-refractivity contribution in [1.82, 2.24) is 15.2 Å². The molecule has 4 nitrogen and oxygen atoms in total. The first kappa shape index (κ1) is 13.2. The Bertz CT molecular complexity index is 389. The second-order valence-electron chi connectivity index (χ2n) is 4.71. The Balaban J connectivity index is 2.15. The van der Waals surface area contributed by atoms with Gasteiger partial charge in [0.05, 0.1) is 6.20 Å². The van der Waals surface area contributed by atoms with Gasteiger partial charge >= 0.3 is 0 Å². The van der Waals surface area contributed by atoms with Crippen LogP contribution in [-0.4, -0.2) is 49.7 Å². The molecule has 1 aliphatic heterocycles. The highest BCUT2D eigenvalue weighted by Gasteiger charge is 2.18. The van der Waals surface area contributed by atoms with Crippen molar-refractivity contribution >= 4 is 5.82 Å². The molecule has 0 radical (unpaired) electrons. The van der Waals surface area contributed by atoms with Crippen molar-refractivity contribution in [2.24, 2.45) is 0 Å². The van der Waals surface area contributed by atoms with Gasteiger partial charge < -0.3 is 15.1 Å². The minimum Gasteiger partial charge on any atom is -0.354 e. The van der Waals surface area contributed by atoms with Gasteiger partial charge in [-0.05, 0) is 19.7 Å². The average Bonchev–Trinajstić information content (AvgIpc) is 2.38. The van der Waals surface area contributed by atoms with E-state index >= 15 is 0 Å². The third kappa shape index (κ3) is 3.17. The lowest BCUT2D eigenvalue weighted by molar-refractivity contribution is 0.311. The summed E-state index contributed by atoms with van der Waals surface area (Å²) in [7, 11) is 2.12. The van der Waals surface area contributed by atoms with Crippen molar-refractivity contribution in [2.45, 2.75) is 13.5 Å². The molecule has 1 aromatic rings. The van der Waals surface area contributed by atoms with Crippen molar-refractivity contribution in [2.75, 3.05) is 44.7 Å². The molecule has 0 aromatic carbocycles. The third-order valence-electron chi connectivity index (χ3n) is 3.28. The Morgan fingerprint density at radius 3 is 2.72 bits per heavy atom. The molecule has 0 aliphatic carbocycles. The van der Waals surface area contributed by atoms with Crippen LogP contribution in [0.5, 0.6) is 0 Å². The summed E-state index contributed by atoms with van der Waals surface area (Å²) in [4.78, 5) is 8.81. The molecule has 0 saturated carbocycles. The Hall–Kier alpha value is -1.20. The highest BCUT2D eigenvalue weighted by molar-refractivity contribution is 5.47. The standard InChI is InChI=1S/C13H21FN4/c1-3-15-9-11-8-12(14)10-16-13(11)18-6-4-17(2)5-7-18/h8,10,15H,3-7,9H2,1-2H3. The third-order valence-corrected chi connectivity index (χ3v) is 3.28. The van der Waals surface area contributed by atoms with Crippen LogP contribution in [0.1, 0.15) is 12.5 Å². The fourth-order valence-corrected chi connectivity index (χ4v) is 2.17. The molecule has 1 fully saturated rings. The maximum Gasteiger partial charge on any atom is 0.141 e. The molecule has 18 heavy (non-hydrogen) atoms. The van der Waals surface area contributed by atoms with Crippen LogP contribution in [0.2, 0.25) is 0 Å². The van der Waals surface area contributed by atoms with Crippen LogP contribution in [0.25, 0.3) is 0 Å².